The number of pyridine rings is 1. The van der Waals surface area contributed by atoms with Gasteiger partial charge in [-0.25, -0.2) is 0 Å². The van der Waals surface area contributed by atoms with Crippen molar-refractivity contribution < 1.29 is 9.59 Å². The second kappa shape index (κ2) is 8.13. The molecule has 126 valence electrons. The molecule has 24 heavy (non-hydrogen) atoms. The smallest absolute Gasteiger partial charge is 0.274 e. The van der Waals surface area contributed by atoms with Gasteiger partial charge >= 0.3 is 0 Å². The Morgan fingerprint density at radius 2 is 1.96 bits per heavy atom. The monoisotopic (exact) mass is 365 g/mol. The van der Waals surface area contributed by atoms with Crippen molar-refractivity contribution in [2.24, 2.45) is 0 Å². The zero-order chi connectivity index (χ0) is 17.7. The SMILES string of the molecule is CCC(C)NC(=O)c1ccnc(C(=O)Nc2cccc(Cl)c2Cl)c1. The van der Waals surface area contributed by atoms with Crippen LogP contribution in [-0.4, -0.2) is 22.8 Å². The van der Waals surface area contributed by atoms with Gasteiger partial charge in [0.15, 0.2) is 0 Å². The van der Waals surface area contributed by atoms with E-state index >= 15 is 0 Å². The minimum atomic E-state index is -0.475. The van der Waals surface area contributed by atoms with Crippen molar-refractivity contribution in [2.45, 2.75) is 26.3 Å². The fraction of sp³-hybridized carbons (Fsp3) is 0.235. The summed E-state index contributed by atoms with van der Waals surface area (Å²) < 4.78 is 0. The normalized spacial score (nSPS) is 11.7. The first-order chi connectivity index (χ1) is 11.4. The quantitative estimate of drug-likeness (QED) is 0.834. The molecule has 7 heteroatoms. The number of carbonyl (C=O) groups excluding carboxylic acids is 2. The fourth-order valence-electron chi connectivity index (χ4n) is 1.89. The summed E-state index contributed by atoms with van der Waals surface area (Å²) in [4.78, 5) is 28.5. The van der Waals surface area contributed by atoms with E-state index < -0.39 is 5.91 Å². The molecule has 2 amide bonds. The van der Waals surface area contributed by atoms with E-state index in [-0.39, 0.29) is 22.7 Å². The van der Waals surface area contributed by atoms with Crippen LogP contribution in [0.1, 0.15) is 41.1 Å². The Morgan fingerprint density at radius 1 is 1.21 bits per heavy atom. The Balaban J connectivity index is 2.17. The third kappa shape index (κ3) is 4.46. The molecule has 0 saturated carbocycles. The minimum absolute atomic E-state index is 0.0493. The Hall–Kier alpha value is -2.11. The van der Waals surface area contributed by atoms with Gasteiger partial charge in [-0.2, -0.15) is 0 Å². The van der Waals surface area contributed by atoms with Gasteiger partial charge in [-0.1, -0.05) is 36.2 Å². The second-order valence-electron chi connectivity index (χ2n) is 5.27. The van der Waals surface area contributed by atoms with E-state index in [1.165, 1.54) is 12.3 Å². The molecule has 2 N–H and O–H groups in total. The molecule has 0 aliphatic heterocycles. The first-order valence-electron chi connectivity index (χ1n) is 7.44. The number of aromatic nitrogens is 1. The van der Waals surface area contributed by atoms with Crippen molar-refractivity contribution in [3.05, 3.63) is 57.8 Å². The number of nitrogens with zero attached hydrogens (tertiary/aromatic N) is 1. The number of anilines is 1. The highest BCUT2D eigenvalue weighted by molar-refractivity contribution is 6.44. The highest BCUT2D eigenvalue weighted by Crippen LogP contribution is 2.29. The summed E-state index contributed by atoms with van der Waals surface area (Å²) >= 11 is 12.0. The summed E-state index contributed by atoms with van der Waals surface area (Å²) in [6, 6.07) is 7.97. The summed E-state index contributed by atoms with van der Waals surface area (Å²) in [6.45, 7) is 3.89. The first-order valence-corrected chi connectivity index (χ1v) is 8.20. The Bertz CT molecular complexity index is 765. The molecule has 0 aliphatic rings. The lowest BCUT2D eigenvalue weighted by Crippen LogP contribution is -2.32. The van der Waals surface area contributed by atoms with Gasteiger partial charge < -0.3 is 10.6 Å². The molecule has 2 aromatic rings. The van der Waals surface area contributed by atoms with Gasteiger partial charge in [0, 0.05) is 17.8 Å². The van der Waals surface area contributed by atoms with E-state index in [1.54, 1.807) is 24.3 Å². The van der Waals surface area contributed by atoms with Crippen LogP contribution >= 0.6 is 23.2 Å². The number of halogens is 2. The van der Waals surface area contributed by atoms with Crippen LogP contribution in [0.15, 0.2) is 36.5 Å². The zero-order valence-electron chi connectivity index (χ0n) is 13.3. The van der Waals surface area contributed by atoms with Crippen LogP contribution < -0.4 is 10.6 Å². The third-order valence-corrected chi connectivity index (χ3v) is 4.26. The molecule has 1 aromatic carbocycles. The van der Waals surface area contributed by atoms with Crippen LogP contribution in [0.3, 0.4) is 0 Å². The Morgan fingerprint density at radius 3 is 2.67 bits per heavy atom. The van der Waals surface area contributed by atoms with Crippen molar-refractivity contribution in [2.75, 3.05) is 5.32 Å². The van der Waals surface area contributed by atoms with Gasteiger partial charge in [0.2, 0.25) is 0 Å². The van der Waals surface area contributed by atoms with E-state index in [1.807, 2.05) is 13.8 Å². The largest absolute Gasteiger partial charge is 0.350 e. The van der Waals surface area contributed by atoms with Crippen LogP contribution in [0, 0.1) is 0 Å². The maximum absolute atomic E-state index is 12.3. The second-order valence-corrected chi connectivity index (χ2v) is 6.05. The molecule has 0 radical (unpaired) electrons. The molecule has 5 nitrogen and oxygen atoms in total. The Kier molecular flexibility index (Phi) is 6.17. The van der Waals surface area contributed by atoms with Crippen LogP contribution in [0.5, 0.6) is 0 Å². The summed E-state index contributed by atoms with van der Waals surface area (Å²) in [5.41, 5.74) is 0.862. The molecule has 0 fully saturated rings. The summed E-state index contributed by atoms with van der Waals surface area (Å²) in [5, 5.41) is 6.06. The average molecular weight is 366 g/mol. The zero-order valence-corrected chi connectivity index (χ0v) is 14.8. The lowest BCUT2D eigenvalue weighted by atomic mass is 10.2. The maximum Gasteiger partial charge on any atom is 0.274 e. The predicted octanol–water partition coefficient (Wildman–Crippen LogP) is 4.17. The van der Waals surface area contributed by atoms with E-state index in [0.717, 1.165) is 6.42 Å². The Labute approximate surface area is 150 Å². The third-order valence-electron chi connectivity index (χ3n) is 3.44. The van der Waals surface area contributed by atoms with E-state index in [9.17, 15) is 9.59 Å². The van der Waals surface area contributed by atoms with Crippen LogP contribution in [0.4, 0.5) is 5.69 Å². The number of nitrogens with one attached hydrogen (secondary N) is 2. The summed E-state index contributed by atoms with van der Waals surface area (Å²) in [7, 11) is 0. The number of carbonyl (C=O) groups is 2. The number of hydrogen-bond donors (Lipinski definition) is 2. The van der Waals surface area contributed by atoms with E-state index in [2.05, 4.69) is 15.6 Å². The van der Waals surface area contributed by atoms with Crippen LogP contribution in [0.25, 0.3) is 0 Å². The van der Waals surface area contributed by atoms with Gasteiger partial charge in [0.25, 0.3) is 11.8 Å². The van der Waals surface area contributed by atoms with E-state index in [0.29, 0.717) is 16.3 Å². The molecular formula is C17H17Cl2N3O2. The van der Waals surface area contributed by atoms with Gasteiger partial charge in [0.05, 0.1) is 15.7 Å². The highest BCUT2D eigenvalue weighted by Gasteiger charge is 2.15. The number of rotatable bonds is 5. The van der Waals surface area contributed by atoms with Gasteiger partial charge in [-0.3, -0.25) is 14.6 Å². The fourth-order valence-corrected chi connectivity index (χ4v) is 2.24. The van der Waals surface area contributed by atoms with Crippen LogP contribution in [0.2, 0.25) is 10.0 Å². The van der Waals surface area contributed by atoms with Crippen molar-refractivity contribution >= 4 is 40.7 Å². The highest BCUT2D eigenvalue weighted by atomic mass is 35.5. The van der Waals surface area contributed by atoms with Gasteiger partial charge in [0.1, 0.15) is 5.69 Å². The average Bonchev–Trinajstić information content (AvgIpc) is 2.58. The molecule has 1 aromatic heterocycles. The van der Waals surface area contributed by atoms with E-state index in [4.69, 9.17) is 23.2 Å². The molecule has 0 saturated heterocycles. The minimum Gasteiger partial charge on any atom is -0.350 e. The molecule has 2 rings (SSSR count). The number of benzene rings is 1. The number of amides is 2. The van der Waals surface area contributed by atoms with Crippen molar-refractivity contribution in [3.8, 4) is 0 Å². The van der Waals surface area contributed by atoms with Gasteiger partial charge in [-0.05, 0) is 37.6 Å². The predicted molar refractivity (Wildman–Crippen MR) is 95.9 cm³/mol. The van der Waals surface area contributed by atoms with Crippen molar-refractivity contribution in [1.82, 2.24) is 10.3 Å². The summed E-state index contributed by atoms with van der Waals surface area (Å²) in [5.74, 6) is -0.723. The summed E-state index contributed by atoms with van der Waals surface area (Å²) in [6.07, 6.45) is 2.23. The molecule has 0 bridgehead atoms. The molecule has 0 aliphatic carbocycles. The lowest BCUT2D eigenvalue weighted by Gasteiger charge is -2.12. The number of hydrogen-bond acceptors (Lipinski definition) is 3. The molecule has 1 atom stereocenters. The van der Waals surface area contributed by atoms with Gasteiger partial charge in [-0.15, -0.1) is 0 Å². The van der Waals surface area contributed by atoms with Crippen molar-refractivity contribution in [3.63, 3.8) is 0 Å². The topological polar surface area (TPSA) is 71.1 Å². The lowest BCUT2D eigenvalue weighted by molar-refractivity contribution is 0.0939. The first kappa shape index (κ1) is 18.2. The maximum atomic E-state index is 12.3. The standard InChI is InChI=1S/C17H17Cl2N3O2/c1-3-10(2)21-16(23)11-7-8-20-14(9-11)17(24)22-13-6-4-5-12(18)15(13)19/h4-10H,3H2,1-2H3,(H,21,23)(H,22,24). The molecule has 0 spiro atoms. The molecule has 1 heterocycles. The van der Waals surface area contributed by atoms with Crippen molar-refractivity contribution in [1.29, 1.82) is 0 Å². The van der Waals surface area contributed by atoms with Crippen LogP contribution in [-0.2, 0) is 0 Å². The molecule has 1 unspecified atom stereocenters. The molecular weight excluding hydrogens is 349 g/mol.